The topological polar surface area (TPSA) is 55.4 Å². The van der Waals surface area contributed by atoms with Crippen molar-refractivity contribution in [3.8, 4) is 0 Å². The first-order valence-corrected chi connectivity index (χ1v) is 9.07. The summed E-state index contributed by atoms with van der Waals surface area (Å²) >= 11 is 7.27. The number of thiophene rings is 1. The lowest BCUT2D eigenvalue weighted by Crippen LogP contribution is -2.16. The Bertz CT molecular complexity index is 710. The van der Waals surface area contributed by atoms with Gasteiger partial charge in [-0.2, -0.15) is 0 Å². The lowest BCUT2D eigenvalue weighted by Gasteiger charge is -2.06. The van der Waals surface area contributed by atoms with Crippen LogP contribution >= 0.6 is 22.9 Å². The summed E-state index contributed by atoms with van der Waals surface area (Å²) in [6.07, 6.45) is 2.06. The maximum absolute atomic E-state index is 12.3. The Morgan fingerprint density at radius 3 is 2.54 bits per heavy atom. The first-order valence-electron chi connectivity index (χ1n) is 7.87. The van der Waals surface area contributed by atoms with Gasteiger partial charge in [0, 0.05) is 9.90 Å². The molecule has 24 heavy (non-hydrogen) atoms. The van der Waals surface area contributed by atoms with E-state index in [-0.39, 0.29) is 12.3 Å². The van der Waals surface area contributed by atoms with E-state index in [0.717, 1.165) is 23.3 Å². The molecule has 0 aliphatic carbocycles. The average molecular weight is 366 g/mol. The SMILES string of the molecule is CCCc1cc(C(=O)OCC)c(NC(=O)Cc2ccc(Cl)cc2)s1. The second-order valence-electron chi connectivity index (χ2n) is 5.28. The molecular weight excluding hydrogens is 346 g/mol. The maximum Gasteiger partial charge on any atom is 0.341 e. The number of esters is 1. The van der Waals surface area contributed by atoms with Crippen LogP contribution in [0.4, 0.5) is 5.00 Å². The van der Waals surface area contributed by atoms with E-state index in [1.54, 1.807) is 19.1 Å². The van der Waals surface area contributed by atoms with Crippen LogP contribution in [0.2, 0.25) is 5.02 Å². The van der Waals surface area contributed by atoms with Gasteiger partial charge >= 0.3 is 5.97 Å². The van der Waals surface area contributed by atoms with Crippen LogP contribution < -0.4 is 5.32 Å². The molecule has 0 aliphatic heterocycles. The first-order chi connectivity index (χ1) is 11.5. The number of halogens is 1. The molecule has 0 aliphatic rings. The molecule has 4 nitrogen and oxygen atoms in total. The number of benzene rings is 1. The van der Waals surface area contributed by atoms with E-state index < -0.39 is 5.97 Å². The summed E-state index contributed by atoms with van der Waals surface area (Å²) in [4.78, 5) is 25.4. The normalized spacial score (nSPS) is 10.5. The standard InChI is InChI=1S/C18H20ClNO3S/c1-3-5-14-11-15(18(22)23-4-2)17(24-14)20-16(21)10-12-6-8-13(19)9-7-12/h6-9,11H,3-5,10H2,1-2H3,(H,20,21). The van der Waals surface area contributed by atoms with Crippen molar-refractivity contribution in [3.05, 3.63) is 51.4 Å². The molecule has 0 radical (unpaired) electrons. The van der Waals surface area contributed by atoms with E-state index in [9.17, 15) is 9.59 Å². The van der Waals surface area contributed by atoms with Crippen molar-refractivity contribution < 1.29 is 14.3 Å². The summed E-state index contributed by atoms with van der Waals surface area (Å²) < 4.78 is 5.07. The second-order valence-corrected chi connectivity index (χ2v) is 6.85. The van der Waals surface area contributed by atoms with E-state index in [0.29, 0.717) is 22.2 Å². The van der Waals surface area contributed by atoms with E-state index in [4.69, 9.17) is 16.3 Å². The lowest BCUT2D eigenvalue weighted by atomic mass is 10.1. The van der Waals surface area contributed by atoms with Crippen molar-refractivity contribution in [1.29, 1.82) is 0 Å². The van der Waals surface area contributed by atoms with Gasteiger partial charge in [0.05, 0.1) is 18.6 Å². The summed E-state index contributed by atoms with van der Waals surface area (Å²) in [5.41, 5.74) is 1.29. The van der Waals surface area contributed by atoms with E-state index >= 15 is 0 Å². The third-order valence-electron chi connectivity index (χ3n) is 3.31. The Balaban J connectivity index is 2.12. The Hall–Kier alpha value is -1.85. The molecule has 1 aromatic carbocycles. The molecule has 1 aromatic heterocycles. The molecule has 2 aromatic rings. The number of anilines is 1. The summed E-state index contributed by atoms with van der Waals surface area (Å²) in [5.74, 6) is -0.578. The Labute approximate surface area is 150 Å². The van der Waals surface area contributed by atoms with Crippen LogP contribution in [0.25, 0.3) is 0 Å². The fraction of sp³-hybridized carbons (Fsp3) is 0.333. The van der Waals surface area contributed by atoms with Gasteiger partial charge in [-0.15, -0.1) is 11.3 Å². The largest absolute Gasteiger partial charge is 0.462 e. The van der Waals surface area contributed by atoms with Gasteiger partial charge in [-0.05, 0) is 37.1 Å². The van der Waals surface area contributed by atoms with Crippen molar-refractivity contribution in [3.63, 3.8) is 0 Å². The Morgan fingerprint density at radius 1 is 1.21 bits per heavy atom. The smallest absolute Gasteiger partial charge is 0.341 e. The minimum absolute atomic E-state index is 0.173. The van der Waals surface area contributed by atoms with Crippen molar-refractivity contribution >= 4 is 39.8 Å². The molecule has 0 saturated carbocycles. The van der Waals surface area contributed by atoms with Gasteiger partial charge in [-0.25, -0.2) is 4.79 Å². The highest BCUT2D eigenvalue weighted by atomic mass is 35.5. The number of rotatable bonds is 7. The summed E-state index contributed by atoms with van der Waals surface area (Å²) in [5, 5.41) is 4.02. The number of nitrogens with one attached hydrogen (secondary N) is 1. The van der Waals surface area contributed by atoms with Gasteiger partial charge in [0.25, 0.3) is 0 Å². The van der Waals surface area contributed by atoms with Gasteiger partial charge < -0.3 is 10.1 Å². The van der Waals surface area contributed by atoms with Gasteiger partial charge in [-0.1, -0.05) is 37.1 Å². The van der Waals surface area contributed by atoms with Gasteiger partial charge in [0.1, 0.15) is 5.00 Å². The minimum atomic E-state index is -0.405. The third-order valence-corrected chi connectivity index (χ3v) is 4.67. The molecule has 0 fully saturated rings. The fourth-order valence-corrected chi connectivity index (χ4v) is 3.51. The molecule has 0 spiro atoms. The summed E-state index contributed by atoms with van der Waals surface area (Å²) in [6.45, 7) is 4.13. The minimum Gasteiger partial charge on any atom is -0.462 e. The number of ether oxygens (including phenoxy) is 1. The first kappa shape index (κ1) is 18.5. The quantitative estimate of drug-likeness (QED) is 0.723. The zero-order valence-electron chi connectivity index (χ0n) is 13.7. The summed E-state index contributed by atoms with van der Waals surface area (Å²) in [6, 6.07) is 8.93. The fourth-order valence-electron chi connectivity index (χ4n) is 2.22. The highest BCUT2D eigenvalue weighted by molar-refractivity contribution is 7.16. The number of carbonyl (C=O) groups is 2. The highest BCUT2D eigenvalue weighted by Crippen LogP contribution is 2.30. The molecule has 1 amide bonds. The van der Waals surface area contributed by atoms with Crippen LogP contribution in [-0.4, -0.2) is 18.5 Å². The number of amides is 1. The van der Waals surface area contributed by atoms with Crippen molar-refractivity contribution in [2.45, 2.75) is 33.1 Å². The zero-order chi connectivity index (χ0) is 17.5. The predicted octanol–water partition coefficient (Wildman–Crippen LogP) is 4.71. The zero-order valence-corrected chi connectivity index (χ0v) is 15.3. The molecule has 0 atom stereocenters. The molecule has 0 bridgehead atoms. The molecule has 128 valence electrons. The lowest BCUT2D eigenvalue weighted by molar-refractivity contribution is -0.115. The molecule has 1 heterocycles. The Kier molecular flexibility index (Phi) is 6.82. The van der Waals surface area contributed by atoms with Crippen LogP contribution in [0.3, 0.4) is 0 Å². The second kappa shape index (κ2) is 8.85. The van der Waals surface area contributed by atoms with E-state index in [1.807, 2.05) is 18.2 Å². The summed E-state index contributed by atoms with van der Waals surface area (Å²) in [7, 11) is 0. The van der Waals surface area contributed by atoms with Crippen LogP contribution in [0.1, 0.15) is 41.1 Å². The predicted molar refractivity (Wildman–Crippen MR) is 98.1 cm³/mol. The highest BCUT2D eigenvalue weighted by Gasteiger charge is 2.19. The molecule has 6 heteroatoms. The van der Waals surface area contributed by atoms with Gasteiger partial charge in [0.15, 0.2) is 0 Å². The van der Waals surface area contributed by atoms with E-state index in [2.05, 4.69) is 12.2 Å². The molecular formula is C18H20ClNO3S. The molecule has 0 unspecified atom stereocenters. The maximum atomic E-state index is 12.3. The number of carbonyl (C=O) groups excluding carboxylic acids is 2. The van der Waals surface area contributed by atoms with Crippen LogP contribution in [0.15, 0.2) is 30.3 Å². The van der Waals surface area contributed by atoms with Gasteiger partial charge in [-0.3, -0.25) is 4.79 Å². The van der Waals surface area contributed by atoms with Crippen molar-refractivity contribution in [2.24, 2.45) is 0 Å². The third kappa shape index (κ3) is 5.08. The van der Waals surface area contributed by atoms with Crippen LogP contribution in [0, 0.1) is 0 Å². The van der Waals surface area contributed by atoms with Crippen molar-refractivity contribution in [1.82, 2.24) is 0 Å². The number of hydrogen-bond donors (Lipinski definition) is 1. The molecule has 0 saturated heterocycles. The molecule has 1 N–H and O–H groups in total. The van der Waals surface area contributed by atoms with Gasteiger partial charge in [0.2, 0.25) is 5.91 Å². The number of hydrogen-bond acceptors (Lipinski definition) is 4. The van der Waals surface area contributed by atoms with E-state index in [1.165, 1.54) is 11.3 Å². The molecule has 2 rings (SSSR count). The number of aryl methyl sites for hydroxylation is 1. The van der Waals surface area contributed by atoms with Crippen molar-refractivity contribution in [2.75, 3.05) is 11.9 Å². The average Bonchev–Trinajstić information content (AvgIpc) is 2.93. The van der Waals surface area contributed by atoms with Crippen LogP contribution in [-0.2, 0) is 22.4 Å². The Morgan fingerprint density at radius 2 is 1.92 bits per heavy atom. The monoisotopic (exact) mass is 365 g/mol. The van der Waals surface area contributed by atoms with Crippen LogP contribution in [0.5, 0.6) is 0 Å².